The zero-order valence-corrected chi connectivity index (χ0v) is 16.8. The number of hydrogen-bond donors (Lipinski definition) is 0. The standard InChI is InChI=1S/C20H36OSi/c1-9-15(2)16-12-13-17-18(11-10-14-20(16,17)6)21-22(7,8)19(3,4)5/h1,15-18H,10-14H2,2-8H3/t15-,16?,17?,18?,20-/m1/s1. The van der Waals surface area contributed by atoms with Gasteiger partial charge in [0.15, 0.2) is 8.32 Å². The molecule has 5 atom stereocenters. The molecule has 2 aliphatic carbocycles. The fourth-order valence-electron chi connectivity index (χ4n) is 4.79. The molecule has 0 heterocycles. The average Bonchev–Trinajstić information content (AvgIpc) is 2.74. The Balaban J connectivity index is 2.19. The maximum atomic E-state index is 6.87. The van der Waals surface area contributed by atoms with E-state index >= 15 is 0 Å². The molecule has 0 aromatic heterocycles. The quantitative estimate of drug-likeness (QED) is 0.467. The number of terminal acetylenes is 1. The first-order chi connectivity index (χ1) is 10.0. The van der Waals surface area contributed by atoms with Gasteiger partial charge in [-0.15, -0.1) is 12.3 Å². The molecule has 0 radical (unpaired) electrons. The van der Waals surface area contributed by atoms with E-state index in [2.05, 4.69) is 53.6 Å². The van der Waals surface area contributed by atoms with Crippen molar-refractivity contribution >= 4 is 8.32 Å². The fraction of sp³-hybridized carbons (Fsp3) is 0.900. The van der Waals surface area contributed by atoms with Crippen LogP contribution in [-0.4, -0.2) is 14.4 Å². The summed E-state index contributed by atoms with van der Waals surface area (Å²) >= 11 is 0. The normalized spacial score (nSPS) is 37.5. The summed E-state index contributed by atoms with van der Waals surface area (Å²) in [6, 6.07) is 0. The maximum Gasteiger partial charge on any atom is 0.192 e. The van der Waals surface area contributed by atoms with Gasteiger partial charge in [0.25, 0.3) is 0 Å². The molecule has 2 fully saturated rings. The Morgan fingerprint density at radius 1 is 1.23 bits per heavy atom. The zero-order valence-electron chi connectivity index (χ0n) is 15.8. The molecular weight excluding hydrogens is 284 g/mol. The lowest BCUT2D eigenvalue weighted by Gasteiger charge is -2.49. The van der Waals surface area contributed by atoms with Crippen molar-refractivity contribution in [1.82, 2.24) is 0 Å². The summed E-state index contributed by atoms with van der Waals surface area (Å²) in [4.78, 5) is 0. The monoisotopic (exact) mass is 320 g/mol. The molecule has 3 unspecified atom stereocenters. The fourth-order valence-corrected chi connectivity index (χ4v) is 6.19. The highest BCUT2D eigenvalue weighted by molar-refractivity contribution is 6.74. The lowest BCUT2D eigenvalue weighted by atomic mass is 9.62. The predicted molar refractivity (Wildman–Crippen MR) is 98.2 cm³/mol. The van der Waals surface area contributed by atoms with E-state index in [0.29, 0.717) is 28.4 Å². The van der Waals surface area contributed by atoms with Gasteiger partial charge < -0.3 is 4.43 Å². The molecule has 0 aromatic rings. The van der Waals surface area contributed by atoms with E-state index in [9.17, 15) is 0 Å². The molecule has 0 amide bonds. The Hall–Kier alpha value is -0.263. The smallest absolute Gasteiger partial charge is 0.192 e. The zero-order chi connectivity index (χ0) is 16.8. The molecule has 1 nitrogen and oxygen atoms in total. The van der Waals surface area contributed by atoms with Crippen molar-refractivity contribution in [1.29, 1.82) is 0 Å². The van der Waals surface area contributed by atoms with Gasteiger partial charge in [-0.05, 0) is 61.1 Å². The molecule has 22 heavy (non-hydrogen) atoms. The predicted octanol–water partition coefficient (Wildman–Crippen LogP) is 5.86. The summed E-state index contributed by atoms with van der Waals surface area (Å²) in [5.41, 5.74) is 0.400. The van der Waals surface area contributed by atoms with Crippen molar-refractivity contribution in [2.45, 2.75) is 91.0 Å². The van der Waals surface area contributed by atoms with E-state index < -0.39 is 8.32 Å². The molecule has 2 rings (SSSR count). The third-order valence-electron chi connectivity index (χ3n) is 7.25. The van der Waals surface area contributed by atoms with E-state index in [1.54, 1.807) is 0 Å². The Labute approximate surface area is 139 Å². The first kappa shape index (κ1) is 18.1. The summed E-state index contributed by atoms with van der Waals surface area (Å²) in [6.45, 7) is 16.6. The van der Waals surface area contributed by atoms with Crippen LogP contribution in [0.1, 0.15) is 66.7 Å². The van der Waals surface area contributed by atoms with Crippen LogP contribution in [-0.2, 0) is 4.43 Å². The first-order valence-corrected chi connectivity index (χ1v) is 12.1. The van der Waals surface area contributed by atoms with Crippen LogP contribution in [0.5, 0.6) is 0 Å². The van der Waals surface area contributed by atoms with Gasteiger partial charge >= 0.3 is 0 Å². The lowest BCUT2D eigenvalue weighted by molar-refractivity contribution is -0.0155. The molecule has 2 aliphatic rings. The molecule has 0 saturated heterocycles. The minimum absolute atomic E-state index is 0.297. The van der Waals surface area contributed by atoms with Crippen molar-refractivity contribution in [3.05, 3.63) is 0 Å². The Morgan fingerprint density at radius 3 is 2.41 bits per heavy atom. The molecular formula is C20H36OSi. The summed E-state index contributed by atoms with van der Waals surface area (Å²) in [5.74, 6) is 4.83. The number of hydrogen-bond acceptors (Lipinski definition) is 1. The molecule has 126 valence electrons. The van der Waals surface area contributed by atoms with Crippen LogP contribution in [0.2, 0.25) is 18.1 Å². The lowest BCUT2D eigenvalue weighted by Crippen LogP contribution is -2.50. The van der Waals surface area contributed by atoms with Crippen LogP contribution >= 0.6 is 0 Å². The van der Waals surface area contributed by atoms with Gasteiger partial charge in [-0.25, -0.2) is 0 Å². The van der Waals surface area contributed by atoms with Crippen molar-refractivity contribution in [3.63, 3.8) is 0 Å². The topological polar surface area (TPSA) is 9.23 Å². The van der Waals surface area contributed by atoms with Crippen molar-refractivity contribution in [2.24, 2.45) is 23.2 Å². The van der Waals surface area contributed by atoms with E-state index in [1.807, 2.05) is 0 Å². The largest absolute Gasteiger partial charge is 0.414 e. The summed E-state index contributed by atoms with van der Waals surface area (Å²) in [7, 11) is -1.68. The second-order valence-corrected chi connectivity index (χ2v) is 14.3. The van der Waals surface area contributed by atoms with Crippen LogP contribution in [0.3, 0.4) is 0 Å². The SMILES string of the molecule is C#C[C@@H](C)C1CCC2C(O[Si](C)(C)C(C)(C)C)CCC[C@@]21C. The van der Waals surface area contributed by atoms with E-state index in [4.69, 9.17) is 10.8 Å². The average molecular weight is 321 g/mol. The van der Waals surface area contributed by atoms with Crippen LogP contribution < -0.4 is 0 Å². The van der Waals surface area contributed by atoms with Gasteiger partial charge in [-0.3, -0.25) is 0 Å². The Bertz CT molecular complexity index is 442. The van der Waals surface area contributed by atoms with Gasteiger partial charge in [-0.2, -0.15) is 0 Å². The van der Waals surface area contributed by atoms with Crippen LogP contribution in [0.25, 0.3) is 0 Å². The van der Waals surface area contributed by atoms with Crippen molar-refractivity contribution in [3.8, 4) is 12.3 Å². The van der Waals surface area contributed by atoms with Gasteiger partial charge in [0.1, 0.15) is 0 Å². The van der Waals surface area contributed by atoms with Gasteiger partial charge in [0.05, 0.1) is 0 Å². The number of rotatable bonds is 3. The summed E-state index contributed by atoms with van der Waals surface area (Å²) in [5, 5.41) is 0.297. The second kappa shape index (κ2) is 5.99. The Kier molecular flexibility index (Phi) is 4.92. The molecule has 0 bridgehead atoms. The van der Waals surface area contributed by atoms with Crippen molar-refractivity contribution < 1.29 is 4.43 Å². The van der Waals surface area contributed by atoms with Gasteiger partial charge in [0, 0.05) is 12.0 Å². The van der Waals surface area contributed by atoms with Crippen LogP contribution in [0.4, 0.5) is 0 Å². The molecule has 0 aliphatic heterocycles. The van der Waals surface area contributed by atoms with Gasteiger partial charge in [-0.1, -0.05) is 41.0 Å². The minimum Gasteiger partial charge on any atom is -0.414 e. The third kappa shape index (κ3) is 3.04. The van der Waals surface area contributed by atoms with E-state index in [0.717, 1.165) is 5.92 Å². The van der Waals surface area contributed by atoms with Gasteiger partial charge in [0.2, 0.25) is 0 Å². The van der Waals surface area contributed by atoms with E-state index in [1.165, 1.54) is 32.1 Å². The van der Waals surface area contributed by atoms with Crippen molar-refractivity contribution in [2.75, 3.05) is 0 Å². The Morgan fingerprint density at radius 2 is 1.86 bits per heavy atom. The highest BCUT2D eigenvalue weighted by Crippen LogP contribution is 2.59. The summed E-state index contributed by atoms with van der Waals surface area (Å²) in [6.07, 6.45) is 12.7. The number of fused-ring (bicyclic) bond motifs is 1. The highest BCUT2D eigenvalue weighted by Gasteiger charge is 2.54. The summed E-state index contributed by atoms with van der Waals surface area (Å²) < 4.78 is 6.87. The molecule has 0 N–H and O–H groups in total. The minimum atomic E-state index is -1.68. The molecule has 2 saturated carbocycles. The molecule has 0 spiro atoms. The highest BCUT2D eigenvalue weighted by atomic mass is 28.4. The molecule has 2 heteroatoms. The second-order valence-electron chi connectivity index (χ2n) is 9.56. The van der Waals surface area contributed by atoms with Crippen LogP contribution in [0.15, 0.2) is 0 Å². The first-order valence-electron chi connectivity index (χ1n) is 9.17. The van der Waals surface area contributed by atoms with E-state index in [-0.39, 0.29) is 0 Å². The maximum absolute atomic E-state index is 6.87. The van der Waals surface area contributed by atoms with Crippen LogP contribution in [0, 0.1) is 35.5 Å². The molecule has 0 aromatic carbocycles. The third-order valence-corrected chi connectivity index (χ3v) is 11.8.